The Kier molecular flexibility index (Phi) is 3.44. The van der Waals surface area contributed by atoms with Crippen LogP contribution in [0.4, 0.5) is 5.82 Å². The van der Waals surface area contributed by atoms with Crippen LogP contribution in [-0.2, 0) is 6.54 Å². The van der Waals surface area contributed by atoms with Gasteiger partial charge in [-0.3, -0.25) is 4.90 Å². The predicted octanol–water partition coefficient (Wildman–Crippen LogP) is 1.78. The molecule has 0 aromatic carbocycles. The largest absolute Gasteiger partial charge is 0.361 e. The van der Waals surface area contributed by atoms with Gasteiger partial charge < -0.3 is 14.0 Å². The monoisotopic (exact) mass is 339 g/mol. The number of hydrogen-bond donors (Lipinski definition) is 0. The molecular weight excluding hydrogens is 318 g/mol. The summed E-state index contributed by atoms with van der Waals surface area (Å²) in [6, 6.07) is 2.58. The molecule has 3 aromatic rings. The van der Waals surface area contributed by atoms with Crippen LogP contribution in [0.15, 0.2) is 23.2 Å². The highest BCUT2D eigenvalue weighted by Crippen LogP contribution is 2.37. The second kappa shape index (κ2) is 5.80. The van der Waals surface area contributed by atoms with Crippen molar-refractivity contribution < 1.29 is 4.52 Å². The normalized spacial score (nSPS) is 19.0. The maximum Gasteiger partial charge on any atom is 0.165 e. The highest BCUT2D eigenvalue weighted by atomic mass is 16.5. The number of nitrogens with zero attached hydrogens (tertiary/aromatic N) is 7. The molecule has 1 aliphatic carbocycles. The fourth-order valence-electron chi connectivity index (χ4n) is 3.53. The van der Waals surface area contributed by atoms with Crippen molar-refractivity contribution in [3.8, 4) is 0 Å². The van der Waals surface area contributed by atoms with Crippen LogP contribution in [0.2, 0.25) is 0 Å². The van der Waals surface area contributed by atoms with Gasteiger partial charge in [-0.2, -0.15) is 0 Å². The summed E-state index contributed by atoms with van der Waals surface area (Å²) in [4.78, 5) is 18.3. The van der Waals surface area contributed by atoms with Crippen molar-refractivity contribution >= 4 is 17.0 Å². The van der Waals surface area contributed by atoms with E-state index in [1.165, 1.54) is 12.8 Å². The summed E-state index contributed by atoms with van der Waals surface area (Å²) in [5, 5.41) is 4.09. The molecule has 4 heterocycles. The van der Waals surface area contributed by atoms with E-state index in [4.69, 9.17) is 4.52 Å². The smallest absolute Gasteiger partial charge is 0.165 e. The van der Waals surface area contributed by atoms with Crippen LogP contribution < -0.4 is 4.90 Å². The minimum atomic E-state index is 0.579. The molecule has 0 atom stereocenters. The third-order valence-electron chi connectivity index (χ3n) is 5.01. The summed E-state index contributed by atoms with van der Waals surface area (Å²) in [7, 11) is 0. The van der Waals surface area contributed by atoms with Crippen LogP contribution in [0.3, 0.4) is 0 Å². The van der Waals surface area contributed by atoms with Crippen LogP contribution in [0.5, 0.6) is 0 Å². The average Bonchev–Trinajstić information content (AvgIpc) is 3.25. The van der Waals surface area contributed by atoms with Gasteiger partial charge in [0.25, 0.3) is 0 Å². The highest BCUT2D eigenvalue weighted by Gasteiger charge is 2.28. The van der Waals surface area contributed by atoms with Gasteiger partial charge in [0.05, 0.1) is 12.0 Å². The summed E-state index contributed by atoms with van der Waals surface area (Å²) in [6.07, 6.45) is 6.04. The Morgan fingerprint density at radius 1 is 1.12 bits per heavy atom. The number of piperazine rings is 1. The molecule has 0 unspecified atom stereocenters. The summed E-state index contributed by atoms with van der Waals surface area (Å²) in [5.74, 6) is 1.82. The fourth-order valence-corrected chi connectivity index (χ4v) is 3.53. The summed E-state index contributed by atoms with van der Waals surface area (Å²) >= 11 is 0. The summed E-state index contributed by atoms with van der Waals surface area (Å²) in [5.41, 5.74) is 2.89. The maximum atomic E-state index is 5.16. The van der Waals surface area contributed by atoms with Crippen LogP contribution in [0, 0.1) is 6.92 Å². The van der Waals surface area contributed by atoms with Crippen LogP contribution in [0.25, 0.3) is 11.2 Å². The highest BCUT2D eigenvalue weighted by molar-refractivity contribution is 5.83. The lowest BCUT2D eigenvalue weighted by molar-refractivity contribution is 0.241. The first-order chi connectivity index (χ1) is 12.3. The number of imidazole rings is 1. The minimum Gasteiger partial charge on any atom is -0.361 e. The van der Waals surface area contributed by atoms with Gasteiger partial charge in [0.15, 0.2) is 17.0 Å². The lowest BCUT2D eigenvalue weighted by Crippen LogP contribution is -2.46. The van der Waals surface area contributed by atoms with Gasteiger partial charge in [-0.05, 0) is 19.8 Å². The van der Waals surface area contributed by atoms with Crippen molar-refractivity contribution in [2.24, 2.45) is 0 Å². The Bertz CT molecular complexity index is 889. The number of rotatable bonds is 4. The summed E-state index contributed by atoms with van der Waals surface area (Å²) < 4.78 is 7.35. The molecule has 3 aromatic heterocycles. The van der Waals surface area contributed by atoms with Crippen LogP contribution in [0.1, 0.15) is 30.3 Å². The van der Waals surface area contributed by atoms with Gasteiger partial charge in [0, 0.05) is 44.8 Å². The van der Waals surface area contributed by atoms with E-state index < -0.39 is 0 Å². The zero-order chi connectivity index (χ0) is 16.8. The van der Waals surface area contributed by atoms with Crippen LogP contribution >= 0.6 is 0 Å². The van der Waals surface area contributed by atoms with Gasteiger partial charge in [-0.15, -0.1) is 0 Å². The van der Waals surface area contributed by atoms with E-state index in [9.17, 15) is 0 Å². The Hall–Kier alpha value is -2.48. The van der Waals surface area contributed by atoms with E-state index in [0.29, 0.717) is 6.04 Å². The fraction of sp³-hybridized carbons (Fsp3) is 0.529. The number of fused-ring (bicyclic) bond motifs is 1. The van der Waals surface area contributed by atoms with Crippen molar-refractivity contribution in [2.75, 3.05) is 31.1 Å². The molecule has 0 N–H and O–H groups in total. The molecule has 8 nitrogen and oxygen atoms in total. The Morgan fingerprint density at radius 2 is 1.96 bits per heavy atom. The molecule has 1 saturated heterocycles. The van der Waals surface area contributed by atoms with E-state index in [1.54, 1.807) is 6.33 Å². The van der Waals surface area contributed by atoms with E-state index >= 15 is 0 Å². The predicted molar refractivity (Wildman–Crippen MR) is 92.3 cm³/mol. The van der Waals surface area contributed by atoms with Gasteiger partial charge in [-0.1, -0.05) is 5.16 Å². The second-order valence-electron chi connectivity index (χ2n) is 6.94. The van der Waals surface area contributed by atoms with Gasteiger partial charge in [0.1, 0.15) is 12.1 Å². The Morgan fingerprint density at radius 3 is 2.68 bits per heavy atom. The van der Waals surface area contributed by atoms with E-state index in [1.807, 2.05) is 19.3 Å². The molecule has 1 saturated carbocycles. The molecular formula is C17H21N7O. The first kappa shape index (κ1) is 14.8. The zero-order valence-electron chi connectivity index (χ0n) is 14.3. The lowest BCUT2D eigenvalue weighted by Gasteiger charge is -2.34. The van der Waals surface area contributed by atoms with E-state index in [-0.39, 0.29) is 0 Å². The van der Waals surface area contributed by atoms with Gasteiger partial charge in [0.2, 0.25) is 0 Å². The van der Waals surface area contributed by atoms with Crippen molar-refractivity contribution in [2.45, 2.75) is 32.4 Å². The SMILES string of the molecule is Cc1cc(CN2CCN(c3ncnc4c3ncn4C3CC3)CC2)no1. The standard InChI is InChI=1S/C17H21N7O/c1-12-8-13(21-25-12)9-22-4-6-23(7-5-22)16-15-17(19-10-18-16)24(11-20-15)14-2-3-14/h8,10-11,14H,2-7,9H2,1H3. The van der Waals surface area contributed by atoms with Crippen molar-refractivity contribution in [1.29, 1.82) is 0 Å². The molecule has 1 aliphatic heterocycles. The van der Waals surface area contributed by atoms with Crippen LogP contribution in [-0.4, -0.2) is 55.8 Å². The number of aryl methyl sites for hydroxylation is 1. The molecule has 0 amide bonds. The molecule has 0 bridgehead atoms. The molecule has 5 rings (SSSR count). The second-order valence-corrected chi connectivity index (χ2v) is 6.94. The molecule has 0 spiro atoms. The lowest BCUT2D eigenvalue weighted by atomic mass is 10.2. The topological polar surface area (TPSA) is 76.1 Å². The molecule has 0 radical (unpaired) electrons. The molecule has 130 valence electrons. The molecule has 25 heavy (non-hydrogen) atoms. The first-order valence-electron chi connectivity index (χ1n) is 8.85. The molecule has 2 fully saturated rings. The Labute approximate surface area is 145 Å². The van der Waals surface area contributed by atoms with Gasteiger partial charge in [-0.25, -0.2) is 15.0 Å². The van der Waals surface area contributed by atoms with Gasteiger partial charge >= 0.3 is 0 Å². The quantitative estimate of drug-likeness (QED) is 0.717. The summed E-state index contributed by atoms with van der Waals surface area (Å²) in [6.45, 7) is 6.57. The van der Waals surface area contributed by atoms with Crippen molar-refractivity contribution in [3.63, 3.8) is 0 Å². The zero-order valence-corrected chi connectivity index (χ0v) is 14.3. The van der Waals surface area contributed by atoms with Crippen molar-refractivity contribution in [3.05, 3.63) is 30.2 Å². The van der Waals surface area contributed by atoms with E-state index in [2.05, 4.69) is 34.5 Å². The Balaban J connectivity index is 1.31. The number of hydrogen-bond acceptors (Lipinski definition) is 7. The van der Waals surface area contributed by atoms with E-state index in [0.717, 1.165) is 61.2 Å². The molecule has 2 aliphatic rings. The first-order valence-corrected chi connectivity index (χ1v) is 8.85. The number of aromatic nitrogens is 5. The minimum absolute atomic E-state index is 0.579. The third kappa shape index (κ3) is 2.76. The average molecular weight is 339 g/mol. The molecule has 8 heteroatoms. The third-order valence-corrected chi connectivity index (χ3v) is 5.01. The number of anilines is 1. The maximum absolute atomic E-state index is 5.16. The van der Waals surface area contributed by atoms with Crippen molar-refractivity contribution in [1.82, 2.24) is 29.6 Å².